The molecule has 37 heavy (non-hydrogen) atoms. The summed E-state index contributed by atoms with van der Waals surface area (Å²) in [4.78, 5) is 12.9. The molecule has 3 aromatic rings. The van der Waals surface area contributed by atoms with Crippen molar-refractivity contribution in [1.29, 1.82) is 0 Å². The molecule has 1 heterocycles. The van der Waals surface area contributed by atoms with Gasteiger partial charge in [0.2, 0.25) is 10.0 Å². The van der Waals surface area contributed by atoms with E-state index in [0.717, 1.165) is 6.42 Å². The average molecular weight is 605 g/mol. The second kappa shape index (κ2) is 12.6. The largest absolute Gasteiger partial charge is 0.492 e. The Labute approximate surface area is 230 Å². The number of thiocarbonyl (C=S) groups is 1. The predicted octanol–water partition coefficient (Wildman–Crippen LogP) is 4.22. The third kappa shape index (κ3) is 7.36. The van der Waals surface area contributed by atoms with Crippen LogP contribution in [-0.4, -0.2) is 56.7 Å². The van der Waals surface area contributed by atoms with E-state index in [1.807, 2.05) is 30.3 Å². The number of rotatable bonds is 8. The molecule has 2 N–H and O–H groups in total. The third-order valence-corrected chi connectivity index (χ3v) is 8.37. The molecule has 8 nitrogen and oxygen atoms in total. The molecular weight excluding hydrogens is 578 g/mol. The number of hydrogen-bond acceptors (Lipinski definition) is 6. The summed E-state index contributed by atoms with van der Waals surface area (Å²) < 4.78 is 38.6. The van der Waals surface area contributed by atoms with Crippen LogP contribution in [0.5, 0.6) is 5.75 Å². The van der Waals surface area contributed by atoms with Gasteiger partial charge in [-0.25, -0.2) is 8.42 Å². The van der Waals surface area contributed by atoms with Gasteiger partial charge in [0.15, 0.2) is 5.11 Å². The van der Waals surface area contributed by atoms with Crippen molar-refractivity contribution in [3.8, 4) is 5.75 Å². The number of anilines is 1. The van der Waals surface area contributed by atoms with Crippen LogP contribution in [0.25, 0.3) is 0 Å². The fraction of sp³-hybridized carbons (Fsp3) is 0.231. The van der Waals surface area contributed by atoms with Gasteiger partial charge in [-0.15, -0.1) is 0 Å². The van der Waals surface area contributed by atoms with E-state index in [0.29, 0.717) is 54.4 Å². The van der Waals surface area contributed by atoms with Gasteiger partial charge in [0.05, 0.1) is 29.2 Å². The van der Waals surface area contributed by atoms with Gasteiger partial charge >= 0.3 is 0 Å². The standard InChI is InChI=1S/C26H26BrN3O5S2/c27-23-18-20(6-11-24(23)35-15-12-19-4-2-1-3-5-19)25(31)29-26(36)28-21-7-9-22(10-8-21)37(32,33)30-13-16-34-17-14-30/h1-11,18H,12-17H2,(H2,28,29,31,36). The lowest BCUT2D eigenvalue weighted by Crippen LogP contribution is -2.40. The van der Waals surface area contributed by atoms with Crippen LogP contribution in [0.2, 0.25) is 0 Å². The van der Waals surface area contributed by atoms with Gasteiger partial charge in [0.1, 0.15) is 5.75 Å². The number of ether oxygens (including phenoxy) is 2. The van der Waals surface area contributed by atoms with Crippen LogP contribution in [0.1, 0.15) is 15.9 Å². The second-order valence-electron chi connectivity index (χ2n) is 8.18. The number of sulfonamides is 1. The van der Waals surface area contributed by atoms with Crippen LogP contribution >= 0.6 is 28.1 Å². The summed E-state index contributed by atoms with van der Waals surface area (Å²) >= 11 is 8.72. The Morgan fingerprint density at radius 2 is 1.73 bits per heavy atom. The maximum Gasteiger partial charge on any atom is 0.257 e. The monoisotopic (exact) mass is 603 g/mol. The van der Waals surface area contributed by atoms with E-state index in [-0.39, 0.29) is 15.9 Å². The normalized spacial score (nSPS) is 14.1. The summed E-state index contributed by atoms with van der Waals surface area (Å²) in [7, 11) is -3.58. The second-order valence-corrected chi connectivity index (χ2v) is 11.4. The lowest BCUT2D eigenvalue weighted by Gasteiger charge is -2.26. The highest BCUT2D eigenvalue weighted by Crippen LogP contribution is 2.26. The first-order chi connectivity index (χ1) is 17.8. The van der Waals surface area contributed by atoms with Crippen molar-refractivity contribution in [2.24, 2.45) is 0 Å². The molecular formula is C26H26BrN3O5S2. The molecule has 4 rings (SSSR count). The van der Waals surface area contributed by atoms with Crippen molar-refractivity contribution < 1.29 is 22.7 Å². The zero-order chi connectivity index (χ0) is 26.3. The predicted molar refractivity (Wildman–Crippen MR) is 149 cm³/mol. The Bertz CT molecular complexity index is 1350. The minimum absolute atomic E-state index is 0.0908. The van der Waals surface area contributed by atoms with Crippen molar-refractivity contribution in [2.45, 2.75) is 11.3 Å². The minimum Gasteiger partial charge on any atom is -0.492 e. The molecule has 1 fully saturated rings. The number of carbonyl (C=O) groups excluding carboxylic acids is 1. The Morgan fingerprint density at radius 1 is 1.03 bits per heavy atom. The van der Waals surface area contributed by atoms with Gasteiger partial charge in [-0.3, -0.25) is 10.1 Å². The number of halogens is 1. The fourth-order valence-corrected chi connectivity index (χ4v) is 5.78. The molecule has 3 aromatic carbocycles. The number of carbonyl (C=O) groups is 1. The Morgan fingerprint density at radius 3 is 2.41 bits per heavy atom. The van der Waals surface area contributed by atoms with Crippen molar-refractivity contribution in [3.63, 3.8) is 0 Å². The molecule has 0 spiro atoms. The van der Waals surface area contributed by atoms with Gasteiger partial charge in [0, 0.05) is 30.8 Å². The van der Waals surface area contributed by atoms with E-state index in [1.54, 1.807) is 30.3 Å². The molecule has 0 unspecified atom stereocenters. The maximum atomic E-state index is 12.8. The van der Waals surface area contributed by atoms with E-state index in [2.05, 4.69) is 26.6 Å². The fourth-order valence-electron chi connectivity index (χ4n) is 3.67. The average Bonchev–Trinajstić information content (AvgIpc) is 2.91. The molecule has 0 aromatic heterocycles. The van der Waals surface area contributed by atoms with Gasteiger partial charge in [-0.2, -0.15) is 4.31 Å². The van der Waals surface area contributed by atoms with Gasteiger partial charge in [-0.1, -0.05) is 30.3 Å². The summed E-state index contributed by atoms with van der Waals surface area (Å²) in [6.07, 6.45) is 0.773. The van der Waals surface area contributed by atoms with Crippen LogP contribution in [-0.2, 0) is 21.2 Å². The van der Waals surface area contributed by atoms with Gasteiger partial charge in [0.25, 0.3) is 5.91 Å². The number of nitrogens with one attached hydrogen (secondary N) is 2. The van der Waals surface area contributed by atoms with E-state index < -0.39 is 10.0 Å². The highest BCUT2D eigenvalue weighted by atomic mass is 79.9. The maximum absolute atomic E-state index is 12.8. The molecule has 1 aliphatic heterocycles. The SMILES string of the molecule is O=C(NC(=S)Nc1ccc(S(=O)(=O)N2CCOCC2)cc1)c1ccc(OCCc2ccccc2)c(Br)c1. The quantitative estimate of drug-likeness (QED) is 0.372. The summed E-state index contributed by atoms with van der Waals surface area (Å²) in [5.74, 6) is 0.251. The Kier molecular flexibility index (Phi) is 9.28. The lowest BCUT2D eigenvalue weighted by atomic mass is 10.2. The first-order valence-corrected chi connectivity index (χ1v) is 14.2. The molecule has 0 atom stereocenters. The molecule has 0 bridgehead atoms. The van der Waals surface area contributed by atoms with E-state index in [1.165, 1.54) is 22.0 Å². The van der Waals surface area contributed by atoms with E-state index >= 15 is 0 Å². The van der Waals surface area contributed by atoms with E-state index in [4.69, 9.17) is 21.7 Å². The number of amides is 1. The molecule has 1 saturated heterocycles. The Hall–Kier alpha value is -2.83. The summed E-state index contributed by atoms with van der Waals surface area (Å²) in [6.45, 7) is 1.93. The number of nitrogens with zero attached hydrogens (tertiary/aromatic N) is 1. The number of morpholine rings is 1. The van der Waals surface area contributed by atoms with Crippen LogP contribution in [0, 0.1) is 0 Å². The highest BCUT2D eigenvalue weighted by Gasteiger charge is 2.26. The first-order valence-electron chi connectivity index (χ1n) is 11.6. The highest BCUT2D eigenvalue weighted by molar-refractivity contribution is 9.10. The van der Waals surface area contributed by atoms with Crippen molar-refractivity contribution >= 4 is 54.9 Å². The zero-order valence-electron chi connectivity index (χ0n) is 19.9. The van der Waals surface area contributed by atoms with Crippen molar-refractivity contribution in [1.82, 2.24) is 9.62 Å². The molecule has 0 radical (unpaired) electrons. The molecule has 0 saturated carbocycles. The number of hydrogen-bond donors (Lipinski definition) is 2. The molecule has 1 amide bonds. The van der Waals surface area contributed by atoms with Crippen LogP contribution in [0.15, 0.2) is 82.2 Å². The lowest BCUT2D eigenvalue weighted by molar-refractivity contribution is 0.0730. The van der Waals surface area contributed by atoms with Crippen molar-refractivity contribution in [2.75, 3.05) is 38.2 Å². The summed E-state index contributed by atoms with van der Waals surface area (Å²) in [6, 6.07) is 21.3. The van der Waals surface area contributed by atoms with Crippen LogP contribution in [0.3, 0.4) is 0 Å². The Balaban J connectivity index is 1.29. The van der Waals surface area contributed by atoms with E-state index in [9.17, 15) is 13.2 Å². The smallest absolute Gasteiger partial charge is 0.257 e. The van der Waals surface area contributed by atoms with Crippen LogP contribution in [0.4, 0.5) is 5.69 Å². The molecule has 194 valence electrons. The summed E-state index contributed by atoms with van der Waals surface area (Å²) in [5, 5.41) is 5.63. The van der Waals surface area contributed by atoms with Crippen LogP contribution < -0.4 is 15.4 Å². The first kappa shape index (κ1) is 27.2. The van der Waals surface area contributed by atoms with Gasteiger partial charge < -0.3 is 14.8 Å². The zero-order valence-corrected chi connectivity index (χ0v) is 23.1. The van der Waals surface area contributed by atoms with Crippen molar-refractivity contribution in [3.05, 3.63) is 88.4 Å². The summed E-state index contributed by atoms with van der Waals surface area (Å²) in [5.41, 5.74) is 2.14. The minimum atomic E-state index is -3.58. The number of benzene rings is 3. The third-order valence-electron chi connectivity index (χ3n) is 5.63. The molecule has 11 heteroatoms. The molecule has 1 aliphatic rings. The topological polar surface area (TPSA) is 97.0 Å². The molecule has 0 aliphatic carbocycles. The van der Waals surface area contributed by atoms with Gasteiger partial charge in [-0.05, 0) is 76.2 Å².